The first kappa shape index (κ1) is 12.9. The molecule has 0 aliphatic carbocycles. The molecule has 1 aliphatic rings. The molecule has 1 aromatic rings. The van der Waals surface area contributed by atoms with Crippen molar-refractivity contribution < 1.29 is 9.09 Å². The minimum Gasteiger partial charge on any atom is -0.318 e. The van der Waals surface area contributed by atoms with Crippen LogP contribution in [0.25, 0.3) is 0 Å². The van der Waals surface area contributed by atoms with Gasteiger partial charge in [-0.15, -0.1) is 0 Å². The third-order valence-corrected chi connectivity index (χ3v) is 7.93. The van der Waals surface area contributed by atoms with Gasteiger partial charge >= 0.3 is 0 Å². The second kappa shape index (κ2) is 3.70. The molecule has 0 radical (unpaired) electrons. The molecule has 1 aromatic carbocycles. The third-order valence-electron chi connectivity index (χ3n) is 4.32. The van der Waals surface area contributed by atoms with Crippen LogP contribution in [0.5, 0.6) is 0 Å². The van der Waals surface area contributed by atoms with Gasteiger partial charge in [0.2, 0.25) is 7.37 Å². The second-order valence-corrected chi connectivity index (χ2v) is 8.91. The van der Waals surface area contributed by atoms with Crippen molar-refractivity contribution in [3.8, 4) is 0 Å². The van der Waals surface area contributed by atoms with E-state index < -0.39 is 7.37 Å². The third kappa shape index (κ3) is 1.70. The van der Waals surface area contributed by atoms with Crippen molar-refractivity contribution in [2.24, 2.45) is 5.92 Å². The van der Waals surface area contributed by atoms with E-state index in [1.165, 1.54) is 0 Å². The van der Waals surface area contributed by atoms with Crippen LogP contribution in [0.3, 0.4) is 0 Å². The fourth-order valence-electron chi connectivity index (χ4n) is 2.64. The highest BCUT2D eigenvalue weighted by Gasteiger charge is 2.60. The van der Waals surface area contributed by atoms with Gasteiger partial charge in [0.1, 0.15) is 0 Å². The van der Waals surface area contributed by atoms with Crippen molar-refractivity contribution in [1.29, 1.82) is 0 Å². The summed E-state index contributed by atoms with van der Waals surface area (Å²) in [5.74, 6) is 0.251. The van der Waals surface area contributed by atoms with E-state index in [0.717, 1.165) is 5.30 Å². The molecule has 1 fully saturated rings. The van der Waals surface area contributed by atoms with Gasteiger partial charge in [0.15, 0.2) is 0 Å². The Bertz CT molecular complexity index is 462. The number of benzene rings is 1. The lowest BCUT2D eigenvalue weighted by molar-refractivity contribution is 0.0879. The maximum atomic E-state index is 13.3. The van der Waals surface area contributed by atoms with Crippen LogP contribution in [-0.2, 0) is 9.09 Å². The summed E-state index contributed by atoms with van der Waals surface area (Å²) in [7, 11) is -2.80. The van der Waals surface area contributed by atoms with E-state index in [2.05, 4.69) is 20.8 Å². The van der Waals surface area contributed by atoms with Crippen molar-refractivity contribution in [2.75, 3.05) is 0 Å². The quantitative estimate of drug-likeness (QED) is 0.710. The fraction of sp³-hybridized carbons (Fsp3) is 0.571. The first-order valence-electron chi connectivity index (χ1n) is 6.08. The van der Waals surface area contributed by atoms with Gasteiger partial charge in [-0.25, -0.2) is 0 Å². The summed E-state index contributed by atoms with van der Waals surface area (Å²) in [4.78, 5) is 0. The molecule has 94 valence electrons. The molecule has 0 spiro atoms. The lowest BCUT2D eigenvalue weighted by Crippen LogP contribution is -2.35. The summed E-state index contributed by atoms with van der Waals surface area (Å²) in [5, 5.41) is 0.514. The van der Waals surface area contributed by atoms with Crippen molar-refractivity contribution >= 4 is 12.7 Å². The van der Waals surface area contributed by atoms with Gasteiger partial charge in [-0.05, 0) is 31.9 Å². The molecule has 0 aromatic heterocycles. The summed E-state index contributed by atoms with van der Waals surface area (Å²) in [6, 6.07) is 9.61. The Kier molecular flexibility index (Phi) is 2.80. The summed E-state index contributed by atoms with van der Waals surface area (Å²) < 4.78 is 19.3. The van der Waals surface area contributed by atoms with Gasteiger partial charge in [-0.2, -0.15) is 0 Å². The maximum Gasteiger partial charge on any atom is 0.238 e. The van der Waals surface area contributed by atoms with Crippen LogP contribution in [-0.4, -0.2) is 10.8 Å². The van der Waals surface area contributed by atoms with E-state index in [1.807, 2.05) is 44.2 Å². The maximum absolute atomic E-state index is 13.3. The Morgan fingerprint density at radius 1 is 1.12 bits per heavy atom. The molecule has 1 heterocycles. The molecule has 0 amide bonds. The standard InChI is InChI=1S/C14H21O2P/c1-11-13(2,3)16-17(15,14(11,4)5)12-9-7-6-8-10-12/h6-11H,1-5H3/t11-,17+/m0/s1. The molecule has 0 bridgehead atoms. The average Bonchev–Trinajstić information content (AvgIpc) is 2.39. The van der Waals surface area contributed by atoms with Gasteiger partial charge in [0, 0.05) is 5.30 Å². The van der Waals surface area contributed by atoms with Gasteiger partial charge in [-0.1, -0.05) is 39.0 Å². The van der Waals surface area contributed by atoms with E-state index in [4.69, 9.17) is 4.52 Å². The van der Waals surface area contributed by atoms with E-state index in [0.29, 0.717) is 0 Å². The SMILES string of the molecule is C[C@H]1C(C)(C)O[P@](=O)(c2ccccc2)C1(C)C. The Labute approximate surface area is 104 Å². The Morgan fingerprint density at radius 3 is 2.06 bits per heavy atom. The molecule has 0 N–H and O–H groups in total. The van der Waals surface area contributed by atoms with Gasteiger partial charge in [0.25, 0.3) is 0 Å². The highest BCUT2D eigenvalue weighted by atomic mass is 31.2. The minimum absolute atomic E-state index is 0.251. The predicted octanol–water partition coefficient (Wildman–Crippen LogP) is 3.81. The Morgan fingerprint density at radius 2 is 1.65 bits per heavy atom. The first-order valence-corrected chi connectivity index (χ1v) is 7.71. The second-order valence-electron chi connectivity index (χ2n) is 5.96. The predicted molar refractivity (Wildman–Crippen MR) is 72.1 cm³/mol. The molecule has 2 rings (SSSR count). The molecular weight excluding hydrogens is 231 g/mol. The normalized spacial score (nSPS) is 34.8. The zero-order valence-corrected chi connectivity index (χ0v) is 12.1. The van der Waals surface area contributed by atoms with Crippen LogP contribution >= 0.6 is 7.37 Å². The van der Waals surface area contributed by atoms with E-state index in [1.54, 1.807) is 0 Å². The van der Waals surface area contributed by atoms with Gasteiger partial charge in [-0.3, -0.25) is 4.57 Å². The molecular formula is C14H21O2P. The van der Waals surface area contributed by atoms with Crippen LogP contribution in [0.2, 0.25) is 0 Å². The van der Waals surface area contributed by atoms with Crippen molar-refractivity contribution in [3.05, 3.63) is 30.3 Å². The molecule has 2 atom stereocenters. The van der Waals surface area contributed by atoms with Gasteiger partial charge < -0.3 is 4.52 Å². The minimum atomic E-state index is -2.80. The fourth-order valence-corrected chi connectivity index (χ4v) is 5.86. The summed E-state index contributed by atoms with van der Waals surface area (Å²) in [5.41, 5.74) is -0.338. The zero-order chi connectivity index (χ0) is 12.9. The van der Waals surface area contributed by atoms with Crippen molar-refractivity contribution in [1.82, 2.24) is 0 Å². The summed E-state index contributed by atoms with van der Waals surface area (Å²) >= 11 is 0. The number of hydrogen-bond donors (Lipinski definition) is 0. The Hall–Kier alpha value is -0.590. The average molecular weight is 252 g/mol. The largest absolute Gasteiger partial charge is 0.318 e. The molecule has 0 saturated carbocycles. The van der Waals surface area contributed by atoms with Crippen molar-refractivity contribution in [2.45, 2.75) is 45.4 Å². The Balaban J connectivity index is 2.57. The van der Waals surface area contributed by atoms with Crippen LogP contribution in [0.4, 0.5) is 0 Å². The summed E-state index contributed by atoms with van der Waals surface area (Å²) in [6.45, 7) is 10.3. The monoisotopic (exact) mass is 252 g/mol. The van der Waals surface area contributed by atoms with Crippen LogP contribution in [0.1, 0.15) is 34.6 Å². The molecule has 0 unspecified atom stereocenters. The molecule has 1 saturated heterocycles. The van der Waals surface area contributed by atoms with Crippen LogP contribution in [0, 0.1) is 5.92 Å². The number of rotatable bonds is 1. The zero-order valence-electron chi connectivity index (χ0n) is 11.2. The summed E-state index contributed by atoms with van der Waals surface area (Å²) in [6.07, 6.45) is 0. The van der Waals surface area contributed by atoms with E-state index in [-0.39, 0.29) is 16.7 Å². The van der Waals surface area contributed by atoms with E-state index >= 15 is 0 Å². The molecule has 17 heavy (non-hydrogen) atoms. The highest BCUT2D eigenvalue weighted by molar-refractivity contribution is 7.68. The van der Waals surface area contributed by atoms with Gasteiger partial charge in [0.05, 0.1) is 10.8 Å². The topological polar surface area (TPSA) is 26.3 Å². The smallest absolute Gasteiger partial charge is 0.238 e. The number of hydrogen-bond acceptors (Lipinski definition) is 2. The molecule has 3 heteroatoms. The molecule has 2 nitrogen and oxygen atoms in total. The van der Waals surface area contributed by atoms with Crippen LogP contribution in [0.15, 0.2) is 30.3 Å². The van der Waals surface area contributed by atoms with Crippen molar-refractivity contribution in [3.63, 3.8) is 0 Å². The molecule has 1 aliphatic heterocycles. The van der Waals surface area contributed by atoms with Crippen LogP contribution < -0.4 is 5.30 Å². The van der Waals surface area contributed by atoms with E-state index in [9.17, 15) is 4.57 Å². The first-order chi connectivity index (χ1) is 7.72. The lowest BCUT2D eigenvalue weighted by Gasteiger charge is -2.29. The highest BCUT2D eigenvalue weighted by Crippen LogP contribution is 2.70. The lowest BCUT2D eigenvalue weighted by atomic mass is 9.83.